The third kappa shape index (κ3) is 5.63. The number of carbonyl (C=O) groups is 1. The van der Waals surface area contributed by atoms with Crippen molar-refractivity contribution in [2.24, 2.45) is 21.7 Å². The van der Waals surface area contributed by atoms with Gasteiger partial charge in [-0.3, -0.25) is 14.9 Å². The molecule has 2 aromatic rings. The number of rotatable bonds is 4. The standard InChI is InChI=1S/C14H14N6O2.CH2O2/c15-14(18-16)17-9-3-5-11-6-4-10-19(11)12-7-1-2-8-13(12)20(21)22;2-1-3/h1-10H,16H2,(H2,15,18);1H,(H,2,3). The van der Waals surface area contributed by atoms with Crippen LogP contribution >= 0.6 is 0 Å². The first-order valence-electron chi connectivity index (χ1n) is 6.78. The van der Waals surface area contributed by atoms with Crippen molar-refractivity contribution in [2.45, 2.75) is 0 Å². The Labute approximate surface area is 142 Å². The van der Waals surface area contributed by atoms with E-state index in [1.165, 1.54) is 12.3 Å². The summed E-state index contributed by atoms with van der Waals surface area (Å²) in [6, 6.07) is 10.1. The van der Waals surface area contributed by atoms with E-state index < -0.39 is 4.92 Å². The minimum atomic E-state index is -0.414. The Bertz CT molecular complexity index is 810. The van der Waals surface area contributed by atoms with E-state index in [1.54, 1.807) is 47.2 Å². The Kier molecular flexibility index (Phi) is 7.60. The molecule has 25 heavy (non-hydrogen) atoms. The number of allylic oxidation sites excluding steroid dienone is 1. The molecule has 1 aromatic heterocycles. The zero-order valence-electron chi connectivity index (χ0n) is 13.0. The van der Waals surface area contributed by atoms with Crippen molar-refractivity contribution >= 4 is 30.4 Å². The average molecular weight is 344 g/mol. The summed E-state index contributed by atoms with van der Waals surface area (Å²) in [5, 5.41) is 21.2. The Morgan fingerprint density at radius 1 is 1.28 bits per heavy atom. The Morgan fingerprint density at radius 2 is 1.96 bits per heavy atom. The van der Waals surface area contributed by atoms with Crippen molar-refractivity contribution in [3.8, 4) is 5.69 Å². The fraction of sp³-hybridized carbons (Fsp3) is 0. The number of hydrazone groups is 1. The van der Waals surface area contributed by atoms with Crippen LogP contribution in [0.3, 0.4) is 0 Å². The number of nitro groups is 1. The molecule has 0 saturated heterocycles. The first-order chi connectivity index (χ1) is 12.0. The molecule has 0 spiro atoms. The number of para-hydroxylation sites is 2. The van der Waals surface area contributed by atoms with E-state index in [2.05, 4.69) is 10.1 Å². The Hall–Kier alpha value is -3.95. The second-order valence-electron chi connectivity index (χ2n) is 4.28. The summed E-state index contributed by atoms with van der Waals surface area (Å²) in [6.07, 6.45) is 6.56. The second kappa shape index (κ2) is 9.94. The molecule has 0 aliphatic carbocycles. The van der Waals surface area contributed by atoms with Gasteiger partial charge in [-0.05, 0) is 30.4 Å². The highest BCUT2D eigenvalue weighted by molar-refractivity contribution is 5.91. The summed E-state index contributed by atoms with van der Waals surface area (Å²) in [7, 11) is 0. The number of nitro benzene ring substituents is 1. The molecule has 0 bridgehead atoms. The van der Waals surface area contributed by atoms with Crippen molar-refractivity contribution < 1.29 is 14.8 Å². The maximum Gasteiger partial charge on any atom is 0.293 e. The summed E-state index contributed by atoms with van der Waals surface area (Å²) in [6.45, 7) is -0.250. The van der Waals surface area contributed by atoms with Crippen LogP contribution < -0.4 is 11.6 Å². The molecule has 0 fully saturated rings. The lowest BCUT2D eigenvalue weighted by atomic mass is 10.2. The van der Waals surface area contributed by atoms with E-state index in [9.17, 15) is 10.1 Å². The molecule has 1 heterocycles. The molecule has 0 atom stereocenters. The number of aliphatic imine (C=N–C) groups is 1. The third-order valence-electron chi connectivity index (χ3n) is 2.81. The van der Waals surface area contributed by atoms with Crippen LogP contribution in [0.4, 0.5) is 5.69 Å². The summed E-state index contributed by atoms with van der Waals surface area (Å²) in [5.41, 5.74) is 6.59. The summed E-state index contributed by atoms with van der Waals surface area (Å²) in [4.78, 5) is 22.8. The van der Waals surface area contributed by atoms with Gasteiger partial charge in [0, 0.05) is 24.2 Å². The van der Waals surface area contributed by atoms with Gasteiger partial charge in [0.15, 0.2) is 0 Å². The predicted octanol–water partition coefficient (Wildman–Crippen LogP) is 1.36. The van der Waals surface area contributed by atoms with E-state index in [0.717, 1.165) is 5.69 Å². The number of benzene rings is 1. The molecule has 0 aliphatic heterocycles. The average Bonchev–Trinajstić information content (AvgIpc) is 3.07. The van der Waals surface area contributed by atoms with Gasteiger partial charge in [0.25, 0.3) is 12.2 Å². The molecule has 1 aromatic carbocycles. The Morgan fingerprint density at radius 3 is 2.60 bits per heavy atom. The number of hydrogen-bond donors (Lipinski definition) is 3. The zero-order valence-corrected chi connectivity index (χ0v) is 13.0. The number of aromatic nitrogens is 1. The smallest absolute Gasteiger partial charge is 0.293 e. The summed E-state index contributed by atoms with van der Waals surface area (Å²) >= 11 is 0. The normalized spacial score (nSPS) is 11.3. The molecule has 2 rings (SSSR count). The van der Waals surface area contributed by atoms with Gasteiger partial charge in [0.05, 0.1) is 4.92 Å². The highest BCUT2D eigenvalue weighted by Gasteiger charge is 2.14. The lowest BCUT2D eigenvalue weighted by molar-refractivity contribution is -0.384. The number of hydrogen-bond acceptors (Lipinski definition) is 5. The lowest BCUT2D eigenvalue weighted by Gasteiger charge is -2.06. The quantitative estimate of drug-likeness (QED) is 0.189. The molecule has 10 nitrogen and oxygen atoms in total. The van der Waals surface area contributed by atoms with Gasteiger partial charge in [0.1, 0.15) is 5.69 Å². The molecule has 5 N–H and O–H groups in total. The highest BCUT2D eigenvalue weighted by atomic mass is 16.6. The zero-order chi connectivity index (χ0) is 18.7. The van der Waals surface area contributed by atoms with Crippen LogP contribution in [0.2, 0.25) is 0 Å². The molecule has 0 unspecified atom stereocenters. The van der Waals surface area contributed by atoms with Crippen molar-refractivity contribution in [1.29, 1.82) is 0 Å². The van der Waals surface area contributed by atoms with E-state index >= 15 is 0 Å². The number of guanidine groups is 1. The molecule has 0 amide bonds. The molecule has 0 radical (unpaired) electrons. The molecule has 10 heteroatoms. The first-order valence-corrected chi connectivity index (χ1v) is 6.78. The van der Waals surface area contributed by atoms with E-state index in [1.807, 2.05) is 6.07 Å². The van der Waals surface area contributed by atoms with Gasteiger partial charge in [-0.25, -0.2) is 4.99 Å². The van der Waals surface area contributed by atoms with Gasteiger partial charge in [-0.15, -0.1) is 5.10 Å². The third-order valence-corrected chi connectivity index (χ3v) is 2.81. The molecular weight excluding hydrogens is 328 g/mol. The van der Waals surface area contributed by atoms with Gasteiger partial charge in [-0.2, -0.15) is 0 Å². The van der Waals surface area contributed by atoms with Crippen LogP contribution in [0.15, 0.2) is 58.8 Å². The van der Waals surface area contributed by atoms with Crippen LogP contribution in [0.5, 0.6) is 0 Å². The maximum absolute atomic E-state index is 11.1. The molecule has 130 valence electrons. The number of nitrogens with two attached hydrogens (primary N) is 2. The fourth-order valence-corrected chi connectivity index (χ4v) is 1.87. The van der Waals surface area contributed by atoms with Crippen LogP contribution in [-0.2, 0) is 4.79 Å². The van der Waals surface area contributed by atoms with Gasteiger partial charge in [0.2, 0.25) is 5.96 Å². The number of nitrogens with zero attached hydrogens (tertiary/aromatic N) is 4. The largest absolute Gasteiger partial charge is 0.483 e. The summed E-state index contributed by atoms with van der Waals surface area (Å²) < 4.78 is 1.71. The van der Waals surface area contributed by atoms with E-state index in [4.69, 9.17) is 21.5 Å². The van der Waals surface area contributed by atoms with E-state index in [0.29, 0.717) is 5.69 Å². The lowest BCUT2D eigenvalue weighted by Crippen LogP contribution is -2.10. The van der Waals surface area contributed by atoms with Crippen LogP contribution in [0.25, 0.3) is 11.8 Å². The van der Waals surface area contributed by atoms with Gasteiger partial charge in [-0.1, -0.05) is 12.1 Å². The first kappa shape index (κ1) is 19.1. The van der Waals surface area contributed by atoms with Crippen LogP contribution in [0, 0.1) is 10.1 Å². The predicted molar refractivity (Wildman–Crippen MR) is 94.5 cm³/mol. The minimum absolute atomic E-state index is 0.0292. The fourth-order valence-electron chi connectivity index (χ4n) is 1.87. The SMILES string of the molecule is NN=C(N)N=CC=Cc1cccn1-c1ccccc1[N+](=O)[O-].O=CO. The van der Waals surface area contributed by atoms with Gasteiger partial charge >= 0.3 is 0 Å². The molecular formula is C15H16N6O4. The highest BCUT2D eigenvalue weighted by Crippen LogP contribution is 2.24. The van der Waals surface area contributed by atoms with E-state index in [-0.39, 0.29) is 18.1 Å². The molecule has 0 saturated carbocycles. The van der Waals surface area contributed by atoms with Crippen LogP contribution in [0.1, 0.15) is 5.69 Å². The summed E-state index contributed by atoms with van der Waals surface area (Å²) in [5.74, 6) is 4.91. The van der Waals surface area contributed by atoms with Gasteiger partial charge < -0.3 is 21.2 Å². The second-order valence-corrected chi connectivity index (χ2v) is 4.28. The number of carboxylic acid groups (broad SMARTS) is 1. The van der Waals surface area contributed by atoms with Crippen LogP contribution in [-0.4, -0.2) is 33.2 Å². The van der Waals surface area contributed by atoms with Crippen molar-refractivity contribution in [1.82, 2.24) is 4.57 Å². The van der Waals surface area contributed by atoms with Crippen molar-refractivity contribution in [3.63, 3.8) is 0 Å². The minimum Gasteiger partial charge on any atom is -0.483 e. The maximum atomic E-state index is 11.1. The topological polar surface area (TPSA) is 162 Å². The Balaban J connectivity index is 0.000000970. The van der Waals surface area contributed by atoms with Crippen molar-refractivity contribution in [3.05, 3.63) is 64.5 Å². The molecule has 0 aliphatic rings. The monoisotopic (exact) mass is 344 g/mol. The van der Waals surface area contributed by atoms with Crippen molar-refractivity contribution in [2.75, 3.05) is 0 Å².